The predicted molar refractivity (Wildman–Crippen MR) is 60.2 cm³/mol. The minimum Gasteiger partial charge on any atom is -0.454 e. The van der Waals surface area contributed by atoms with E-state index in [2.05, 4.69) is 0 Å². The quantitative estimate of drug-likeness (QED) is 0.797. The summed E-state index contributed by atoms with van der Waals surface area (Å²) in [6.45, 7) is 2.70. The van der Waals surface area contributed by atoms with Gasteiger partial charge in [0.1, 0.15) is 0 Å². The highest BCUT2D eigenvalue weighted by molar-refractivity contribution is 6.32. The summed E-state index contributed by atoms with van der Waals surface area (Å²) in [5.74, 6) is 0.959. The van der Waals surface area contributed by atoms with Gasteiger partial charge >= 0.3 is 0 Å². The third kappa shape index (κ3) is 1.80. The first kappa shape index (κ1) is 11.1. The number of halogens is 1. The van der Waals surface area contributed by atoms with Crippen molar-refractivity contribution < 1.29 is 14.3 Å². The highest BCUT2D eigenvalue weighted by atomic mass is 35.5. The smallest absolute Gasteiger partial charge is 0.253 e. The lowest BCUT2D eigenvalue weighted by atomic mass is 10.2. The van der Waals surface area contributed by atoms with E-state index in [4.69, 9.17) is 21.1 Å². The minimum atomic E-state index is -0.0808. The Balaban J connectivity index is 2.37. The highest BCUT2D eigenvalue weighted by Gasteiger charge is 2.21. The van der Waals surface area contributed by atoms with Crippen molar-refractivity contribution in [2.45, 2.75) is 6.92 Å². The normalized spacial score (nSPS) is 12.7. The van der Waals surface area contributed by atoms with Gasteiger partial charge in [0.15, 0.2) is 11.5 Å². The van der Waals surface area contributed by atoms with Crippen LogP contribution in [0.1, 0.15) is 17.3 Å². The van der Waals surface area contributed by atoms with Crippen molar-refractivity contribution in [1.29, 1.82) is 0 Å². The zero-order valence-electron chi connectivity index (χ0n) is 9.12. The molecular formula is C11H12ClNO3. The molecule has 0 aromatic heterocycles. The molecule has 1 aromatic rings. The number of fused-ring (bicyclic) bond motifs is 1. The monoisotopic (exact) mass is 241 g/mol. The Morgan fingerprint density at radius 2 is 2.25 bits per heavy atom. The average molecular weight is 242 g/mol. The van der Waals surface area contributed by atoms with E-state index in [1.807, 2.05) is 6.92 Å². The molecule has 2 rings (SSSR count). The standard InChI is InChI=1S/C11H12ClNO3/c1-3-13(2)11(14)7-4-8(12)10-9(5-7)15-6-16-10/h4-5H,3,6H2,1-2H3. The molecule has 0 atom stereocenters. The first-order chi connectivity index (χ1) is 7.63. The molecule has 0 saturated carbocycles. The summed E-state index contributed by atoms with van der Waals surface area (Å²) >= 11 is 5.99. The van der Waals surface area contributed by atoms with Gasteiger partial charge in [-0.25, -0.2) is 0 Å². The molecule has 1 amide bonds. The third-order valence-corrected chi connectivity index (χ3v) is 2.78. The maximum absolute atomic E-state index is 11.9. The van der Waals surface area contributed by atoms with E-state index >= 15 is 0 Å². The van der Waals surface area contributed by atoms with E-state index in [0.29, 0.717) is 28.6 Å². The van der Waals surface area contributed by atoms with E-state index in [1.165, 1.54) is 0 Å². The second-order valence-electron chi connectivity index (χ2n) is 3.51. The SMILES string of the molecule is CCN(C)C(=O)c1cc(Cl)c2c(c1)OCO2. The Morgan fingerprint density at radius 3 is 2.94 bits per heavy atom. The Labute approximate surface area is 98.7 Å². The van der Waals surface area contributed by atoms with Crippen LogP contribution in [0.15, 0.2) is 12.1 Å². The van der Waals surface area contributed by atoms with Crippen LogP contribution in [0.3, 0.4) is 0 Å². The van der Waals surface area contributed by atoms with Crippen LogP contribution >= 0.6 is 11.6 Å². The summed E-state index contributed by atoms with van der Waals surface area (Å²) < 4.78 is 10.4. The van der Waals surface area contributed by atoms with Gasteiger partial charge in [-0.1, -0.05) is 11.6 Å². The van der Waals surface area contributed by atoms with Crippen LogP contribution < -0.4 is 9.47 Å². The van der Waals surface area contributed by atoms with Gasteiger partial charge in [-0.05, 0) is 19.1 Å². The molecule has 0 radical (unpaired) electrons. The second-order valence-corrected chi connectivity index (χ2v) is 3.92. The lowest BCUT2D eigenvalue weighted by Gasteiger charge is -2.14. The van der Waals surface area contributed by atoms with E-state index < -0.39 is 0 Å². The molecule has 86 valence electrons. The molecule has 0 spiro atoms. The molecule has 1 aliphatic rings. The largest absolute Gasteiger partial charge is 0.454 e. The van der Waals surface area contributed by atoms with Crippen molar-refractivity contribution in [3.63, 3.8) is 0 Å². The van der Waals surface area contributed by atoms with Crippen LogP contribution in [0.5, 0.6) is 11.5 Å². The van der Waals surface area contributed by atoms with E-state index in [1.54, 1.807) is 24.1 Å². The molecule has 1 aliphatic heterocycles. The van der Waals surface area contributed by atoms with E-state index in [-0.39, 0.29) is 12.7 Å². The third-order valence-electron chi connectivity index (χ3n) is 2.50. The van der Waals surface area contributed by atoms with Crippen molar-refractivity contribution in [1.82, 2.24) is 4.90 Å². The Bertz CT molecular complexity index is 433. The summed E-state index contributed by atoms with van der Waals surface area (Å²) in [5.41, 5.74) is 0.513. The molecular weight excluding hydrogens is 230 g/mol. The first-order valence-corrected chi connectivity index (χ1v) is 5.36. The predicted octanol–water partition coefficient (Wildman–Crippen LogP) is 2.16. The van der Waals surface area contributed by atoms with Crippen molar-refractivity contribution >= 4 is 17.5 Å². The number of carbonyl (C=O) groups excluding carboxylic acids is 1. The Kier molecular flexibility index (Phi) is 2.92. The molecule has 0 N–H and O–H groups in total. The van der Waals surface area contributed by atoms with Crippen molar-refractivity contribution in [2.24, 2.45) is 0 Å². The Morgan fingerprint density at radius 1 is 1.50 bits per heavy atom. The van der Waals surface area contributed by atoms with Gasteiger partial charge < -0.3 is 14.4 Å². The van der Waals surface area contributed by atoms with Crippen molar-refractivity contribution in [2.75, 3.05) is 20.4 Å². The van der Waals surface area contributed by atoms with Crippen LogP contribution in [0.25, 0.3) is 0 Å². The summed E-state index contributed by atoms with van der Waals surface area (Å²) in [7, 11) is 1.74. The summed E-state index contributed by atoms with van der Waals surface area (Å²) in [6, 6.07) is 3.26. The summed E-state index contributed by atoms with van der Waals surface area (Å²) in [6.07, 6.45) is 0. The molecule has 0 bridgehead atoms. The molecule has 5 heteroatoms. The fourth-order valence-corrected chi connectivity index (χ4v) is 1.72. The number of hydrogen-bond acceptors (Lipinski definition) is 3. The van der Waals surface area contributed by atoms with Crippen molar-refractivity contribution in [3.05, 3.63) is 22.7 Å². The van der Waals surface area contributed by atoms with Gasteiger partial charge in [-0.2, -0.15) is 0 Å². The number of benzene rings is 1. The molecule has 4 nitrogen and oxygen atoms in total. The number of rotatable bonds is 2. The topological polar surface area (TPSA) is 38.8 Å². The number of hydrogen-bond donors (Lipinski definition) is 0. The van der Waals surface area contributed by atoms with E-state index in [9.17, 15) is 4.79 Å². The minimum absolute atomic E-state index is 0.0808. The highest BCUT2D eigenvalue weighted by Crippen LogP contribution is 2.39. The molecule has 1 aromatic carbocycles. The van der Waals surface area contributed by atoms with Gasteiger partial charge in [0.25, 0.3) is 5.91 Å². The average Bonchev–Trinajstić information content (AvgIpc) is 2.75. The summed E-state index contributed by atoms with van der Waals surface area (Å²) in [5, 5.41) is 0.405. The number of carbonyl (C=O) groups is 1. The number of ether oxygens (including phenoxy) is 2. The number of nitrogens with zero attached hydrogens (tertiary/aromatic N) is 1. The second kappa shape index (κ2) is 4.22. The molecule has 16 heavy (non-hydrogen) atoms. The van der Waals surface area contributed by atoms with Crippen LogP contribution in [0, 0.1) is 0 Å². The summed E-state index contributed by atoms with van der Waals surface area (Å²) in [4.78, 5) is 13.5. The van der Waals surface area contributed by atoms with Gasteiger partial charge in [0.05, 0.1) is 5.02 Å². The lowest BCUT2D eigenvalue weighted by molar-refractivity contribution is 0.0802. The van der Waals surface area contributed by atoms with Crippen LogP contribution in [0.4, 0.5) is 0 Å². The van der Waals surface area contributed by atoms with Crippen LogP contribution in [-0.4, -0.2) is 31.2 Å². The molecule has 0 aliphatic carbocycles. The zero-order valence-corrected chi connectivity index (χ0v) is 9.87. The lowest BCUT2D eigenvalue weighted by Crippen LogP contribution is -2.26. The molecule has 0 unspecified atom stereocenters. The van der Waals surface area contributed by atoms with Crippen LogP contribution in [0.2, 0.25) is 5.02 Å². The fraction of sp³-hybridized carbons (Fsp3) is 0.364. The fourth-order valence-electron chi connectivity index (χ4n) is 1.45. The van der Waals surface area contributed by atoms with E-state index in [0.717, 1.165) is 0 Å². The molecule has 0 saturated heterocycles. The number of amides is 1. The van der Waals surface area contributed by atoms with Gasteiger partial charge in [0.2, 0.25) is 6.79 Å². The van der Waals surface area contributed by atoms with Crippen molar-refractivity contribution in [3.8, 4) is 11.5 Å². The zero-order chi connectivity index (χ0) is 11.7. The maximum atomic E-state index is 11.9. The van der Waals surface area contributed by atoms with Gasteiger partial charge in [-0.3, -0.25) is 4.79 Å². The molecule has 1 heterocycles. The first-order valence-electron chi connectivity index (χ1n) is 4.98. The van der Waals surface area contributed by atoms with Gasteiger partial charge in [0, 0.05) is 19.2 Å². The Hall–Kier alpha value is -1.42. The maximum Gasteiger partial charge on any atom is 0.253 e. The molecule has 0 fully saturated rings. The van der Waals surface area contributed by atoms with Gasteiger partial charge in [-0.15, -0.1) is 0 Å². The van der Waals surface area contributed by atoms with Crippen LogP contribution in [-0.2, 0) is 0 Å².